The van der Waals surface area contributed by atoms with Crippen molar-refractivity contribution in [1.82, 2.24) is 14.9 Å². The van der Waals surface area contributed by atoms with Crippen LogP contribution in [0.25, 0.3) is 10.2 Å². The summed E-state index contributed by atoms with van der Waals surface area (Å²) in [6.07, 6.45) is 5.26. The highest BCUT2D eigenvalue weighted by Crippen LogP contribution is 2.43. The molecule has 8 nitrogen and oxygen atoms in total. The van der Waals surface area contributed by atoms with Gasteiger partial charge < -0.3 is 19.7 Å². The molecule has 190 valence electrons. The third kappa shape index (κ3) is 4.81. The van der Waals surface area contributed by atoms with Gasteiger partial charge in [0.25, 0.3) is 0 Å². The van der Waals surface area contributed by atoms with Crippen LogP contribution in [0.3, 0.4) is 0 Å². The van der Waals surface area contributed by atoms with Crippen molar-refractivity contribution in [2.45, 2.75) is 43.9 Å². The van der Waals surface area contributed by atoms with E-state index in [9.17, 15) is 9.59 Å². The summed E-state index contributed by atoms with van der Waals surface area (Å²) in [5.41, 5.74) is 2.99. The Morgan fingerprint density at radius 2 is 2.11 bits per heavy atom. The molecule has 0 spiro atoms. The van der Waals surface area contributed by atoms with Crippen molar-refractivity contribution < 1.29 is 19.1 Å². The van der Waals surface area contributed by atoms with Crippen molar-refractivity contribution in [2.24, 2.45) is 5.92 Å². The van der Waals surface area contributed by atoms with Gasteiger partial charge in [0.2, 0.25) is 5.91 Å². The smallest absolute Gasteiger partial charge is 0.226 e. The third-order valence-corrected chi connectivity index (χ3v) is 8.89. The molecule has 1 amide bonds. The topological polar surface area (TPSA) is 93.7 Å². The summed E-state index contributed by atoms with van der Waals surface area (Å²) in [5, 5.41) is 4.61. The molecule has 1 aliphatic heterocycles. The Morgan fingerprint density at radius 3 is 2.89 bits per heavy atom. The first-order chi connectivity index (χ1) is 17.5. The summed E-state index contributed by atoms with van der Waals surface area (Å²) in [4.78, 5) is 39.4. The molecule has 3 heterocycles. The molecule has 0 saturated carbocycles. The summed E-state index contributed by atoms with van der Waals surface area (Å²) < 4.78 is 10.8. The molecule has 2 aromatic heterocycles. The highest BCUT2D eigenvalue weighted by Gasteiger charge is 2.31. The van der Waals surface area contributed by atoms with Gasteiger partial charge in [-0.05, 0) is 48.9 Å². The predicted molar refractivity (Wildman–Crippen MR) is 143 cm³/mol. The van der Waals surface area contributed by atoms with E-state index in [1.807, 2.05) is 17.0 Å². The number of nitrogens with one attached hydrogen (secondary N) is 1. The predicted octanol–water partition coefficient (Wildman–Crippen LogP) is 4.61. The maximum atomic E-state index is 13.3. The lowest BCUT2D eigenvalue weighted by Gasteiger charge is -2.29. The van der Waals surface area contributed by atoms with E-state index in [4.69, 9.17) is 9.47 Å². The number of carbonyl (C=O) groups excluding carboxylic acids is 2. The van der Waals surface area contributed by atoms with Crippen molar-refractivity contribution in [3.05, 3.63) is 34.5 Å². The van der Waals surface area contributed by atoms with E-state index in [2.05, 4.69) is 22.2 Å². The number of anilines is 2. The Balaban J connectivity index is 1.43. The average Bonchev–Trinajstić information content (AvgIpc) is 3.44. The molecular formula is C26H30N4O4S2. The van der Waals surface area contributed by atoms with Gasteiger partial charge in [-0.15, -0.1) is 11.3 Å². The maximum Gasteiger partial charge on any atom is 0.226 e. The van der Waals surface area contributed by atoms with Crippen LogP contribution in [0.2, 0.25) is 0 Å². The number of hydrogen-bond donors (Lipinski definition) is 1. The molecule has 1 aromatic carbocycles. The number of ether oxygens (including phenoxy) is 2. The van der Waals surface area contributed by atoms with Crippen LogP contribution in [0.4, 0.5) is 11.5 Å². The average molecular weight is 527 g/mol. The zero-order valence-corrected chi connectivity index (χ0v) is 22.4. The molecule has 1 aliphatic carbocycles. The van der Waals surface area contributed by atoms with Gasteiger partial charge in [0.05, 0.1) is 24.8 Å². The number of aryl methyl sites for hydroxylation is 1. The molecule has 0 radical (unpaired) electrons. The van der Waals surface area contributed by atoms with Gasteiger partial charge in [-0.1, -0.05) is 18.7 Å². The summed E-state index contributed by atoms with van der Waals surface area (Å²) in [5.74, 6) is 1.60. The monoisotopic (exact) mass is 526 g/mol. The molecule has 0 bridgehead atoms. The Hall–Kier alpha value is -2.69. The Kier molecular flexibility index (Phi) is 7.45. The lowest BCUT2D eigenvalue weighted by Crippen LogP contribution is -2.40. The third-order valence-electron chi connectivity index (χ3n) is 6.76. The number of hydrogen-bond acceptors (Lipinski definition) is 9. The molecule has 1 unspecified atom stereocenters. The van der Waals surface area contributed by atoms with Crippen LogP contribution in [-0.4, -0.2) is 59.8 Å². The van der Waals surface area contributed by atoms with Gasteiger partial charge in [0.15, 0.2) is 5.12 Å². The SMILES string of the molecule is CCCN(CCOC)C(=O)C1CCc2c(sc3ncnc(Nc4cc5c(cc4OC)CC(=O)S5)c23)C1. The zero-order valence-electron chi connectivity index (χ0n) is 20.8. The number of methoxy groups -OCH3 is 2. The lowest BCUT2D eigenvalue weighted by molar-refractivity contribution is -0.136. The van der Waals surface area contributed by atoms with Crippen molar-refractivity contribution in [3.8, 4) is 5.75 Å². The Bertz CT molecular complexity index is 1310. The number of amides is 1. The van der Waals surface area contributed by atoms with Gasteiger partial charge in [-0.2, -0.15) is 0 Å². The van der Waals surface area contributed by atoms with Crippen molar-refractivity contribution >= 4 is 55.8 Å². The number of benzene rings is 1. The molecule has 0 fully saturated rings. The number of carbonyl (C=O) groups is 2. The van der Waals surface area contributed by atoms with E-state index in [0.29, 0.717) is 25.3 Å². The second-order valence-corrected chi connectivity index (χ2v) is 11.3. The van der Waals surface area contributed by atoms with E-state index < -0.39 is 0 Å². The maximum absolute atomic E-state index is 13.3. The van der Waals surface area contributed by atoms with Gasteiger partial charge in [-0.25, -0.2) is 9.97 Å². The molecule has 2 aliphatic rings. The molecule has 1 atom stereocenters. The minimum atomic E-state index is -0.0234. The number of rotatable bonds is 9. The summed E-state index contributed by atoms with van der Waals surface area (Å²) in [7, 11) is 3.30. The van der Waals surface area contributed by atoms with Crippen molar-refractivity contribution in [1.29, 1.82) is 0 Å². The molecule has 0 saturated heterocycles. The van der Waals surface area contributed by atoms with Crippen LogP contribution in [0.5, 0.6) is 5.75 Å². The Morgan fingerprint density at radius 1 is 1.25 bits per heavy atom. The first-order valence-electron chi connectivity index (χ1n) is 12.2. The summed E-state index contributed by atoms with van der Waals surface area (Å²) in [6.45, 7) is 4.03. The second kappa shape index (κ2) is 10.7. The minimum absolute atomic E-state index is 0.0234. The van der Waals surface area contributed by atoms with E-state index in [1.54, 1.807) is 31.9 Å². The number of thiophene rings is 1. The number of aromatic nitrogens is 2. The summed E-state index contributed by atoms with van der Waals surface area (Å²) in [6, 6.07) is 3.90. The van der Waals surface area contributed by atoms with Gasteiger partial charge in [0, 0.05) is 42.3 Å². The van der Waals surface area contributed by atoms with Crippen LogP contribution in [0.15, 0.2) is 23.4 Å². The van der Waals surface area contributed by atoms with Crippen molar-refractivity contribution in [3.63, 3.8) is 0 Å². The quantitative estimate of drug-likeness (QED) is 0.432. The molecule has 10 heteroatoms. The second-order valence-electron chi connectivity index (χ2n) is 9.10. The Labute approximate surface area is 218 Å². The van der Waals surface area contributed by atoms with E-state index in [1.165, 1.54) is 22.2 Å². The van der Waals surface area contributed by atoms with E-state index in [-0.39, 0.29) is 16.9 Å². The molecule has 36 heavy (non-hydrogen) atoms. The fourth-order valence-electron chi connectivity index (χ4n) is 5.02. The number of thioether (sulfide) groups is 1. The van der Waals surface area contributed by atoms with E-state index in [0.717, 1.165) is 64.4 Å². The van der Waals surface area contributed by atoms with Gasteiger partial charge in [-0.3, -0.25) is 9.59 Å². The highest BCUT2D eigenvalue weighted by atomic mass is 32.2. The largest absolute Gasteiger partial charge is 0.495 e. The van der Waals surface area contributed by atoms with Crippen LogP contribution in [-0.2, 0) is 33.6 Å². The minimum Gasteiger partial charge on any atom is -0.495 e. The first-order valence-corrected chi connectivity index (χ1v) is 13.9. The zero-order chi connectivity index (χ0) is 25.2. The first kappa shape index (κ1) is 25.0. The highest BCUT2D eigenvalue weighted by molar-refractivity contribution is 8.14. The number of fused-ring (bicyclic) bond motifs is 4. The summed E-state index contributed by atoms with van der Waals surface area (Å²) >= 11 is 2.92. The molecule has 1 N–H and O–H groups in total. The van der Waals surface area contributed by atoms with Crippen LogP contribution >= 0.6 is 23.1 Å². The molecule has 3 aromatic rings. The van der Waals surface area contributed by atoms with Crippen LogP contribution in [0.1, 0.15) is 35.8 Å². The van der Waals surface area contributed by atoms with Gasteiger partial charge in [0.1, 0.15) is 22.7 Å². The number of nitrogens with zero attached hydrogens (tertiary/aromatic N) is 3. The fraction of sp³-hybridized carbons (Fsp3) is 0.462. The lowest BCUT2D eigenvalue weighted by atomic mass is 9.86. The van der Waals surface area contributed by atoms with Gasteiger partial charge >= 0.3 is 0 Å². The van der Waals surface area contributed by atoms with Crippen LogP contribution in [0, 0.1) is 5.92 Å². The fourth-order valence-corrected chi connectivity index (χ4v) is 7.20. The normalized spacial score (nSPS) is 16.6. The van der Waals surface area contributed by atoms with E-state index >= 15 is 0 Å². The van der Waals surface area contributed by atoms with Crippen LogP contribution < -0.4 is 10.1 Å². The standard InChI is InChI=1S/C26H30N4O4S2/c1-4-7-30(8-9-33-2)26(32)15-5-6-17-21(11-15)36-25-23(17)24(27-14-28-25)29-18-13-20-16(10-19(18)34-3)12-22(31)35-20/h10,13-15H,4-9,11-12H2,1-3H3,(H,27,28,29). The molecular weight excluding hydrogens is 496 g/mol. The van der Waals surface area contributed by atoms with Crippen molar-refractivity contribution in [2.75, 3.05) is 39.2 Å². The molecule has 5 rings (SSSR count).